The van der Waals surface area contributed by atoms with E-state index < -0.39 is 0 Å². The lowest BCUT2D eigenvalue weighted by Crippen LogP contribution is -2.49. The van der Waals surface area contributed by atoms with Gasteiger partial charge in [-0.3, -0.25) is 9.69 Å². The standard InChI is InChI=1S/C29H35N7O/c1-22-8-9-31-28(18-22)35-14-16-36(17-15-35)29(37)27-19-25(23(2)32(27)3)21-33-10-12-34(13-11-33)26-7-5-4-6-24(26)20-30/h4-9,18-19H,10-17,21H2,1-3H3. The highest BCUT2D eigenvalue weighted by molar-refractivity contribution is 5.93. The number of nitrogens with zero attached hydrogens (tertiary/aromatic N) is 7. The Morgan fingerprint density at radius 3 is 2.35 bits per heavy atom. The number of pyridine rings is 1. The smallest absolute Gasteiger partial charge is 0.270 e. The molecule has 8 nitrogen and oxygen atoms in total. The molecule has 3 aromatic rings. The Morgan fingerprint density at radius 2 is 1.65 bits per heavy atom. The normalized spacial score (nSPS) is 16.6. The number of aromatic nitrogens is 2. The molecule has 2 saturated heterocycles. The fourth-order valence-electron chi connectivity index (χ4n) is 5.35. The number of anilines is 2. The number of amides is 1. The SMILES string of the molecule is Cc1ccnc(N2CCN(C(=O)c3cc(CN4CCN(c5ccccc5C#N)CC4)c(C)n3C)CC2)c1. The lowest BCUT2D eigenvalue weighted by atomic mass is 10.1. The third-order valence-electron chi connectivity index (χ3n) is 7.78. The molecule has 0 saturated carbocycles. The Bertz CT molecular complexity index is 1310. The van der Waals surface area contributed by atoms with Crippen LogP contribution in [0, 0.1) is 25.2 Å². The van der Waals surface area contributed by atoms with Gasteiger partial charge in [-0.2, -0.15) is 5.26 Å². The molecule has 2 aliphatic heterocycles. The van der Waals surface area contributed by atoms with Crippen molar-refractivity contribution >= 4 is 17.4 Å². The largest absolute Gasteiger partial charge is 0.368 e. The molecular formula is C29H35N7O. The number of benzene rings is 1. The predicted molar refractivity (Wildman–Crippen MR) is 146 cm³/mol. The van der Waals surface area contributed by atoms with Crippen LogP contribution < -0.4 is 9.80 Å². The summed E-state index contributed by atoms with van der Waals surface area (Å²) in [5.74, 6) is 1.09. The van der Waals surface area contributed by atoms with E-state index in [1.165, 1.54) is 11.1 Å². The summed E-state index contributed by atoms with van der Waals surface area (Å²) in [6.45, 7) is 11.6. The van der Waals surface area contributed by atoms with Gasteiger partial charge in [-0.1, -0.05) is 12.1 Å². The highest BCUT2D eigenvalue weighted by atomic mass is 16.2. The van der Waals surface area contributed by atoms with Gasteiger partial charge >= 0.3 is 0 Å². The van der Waals surface area contributed by atoms with Gasteiger partial charge in [-0.15, -0.1) is 0 Å². The van der Waals surface area contributed by atoms with Gasteiger partial charge in [0, 0.05) is 77.8 Å². The van der Waals surface area contributed by atoms with Crippen molar-refractivity contribution in [2.45, 2.75) is 20.4 Å². The minimum absolute atomic E-state index is 0.103. The maximum absolute atomic E-state index is 13.5. The van der Waals surface area contributed by atoms with Crippen molar-refractivity contribution in [2.75, 3.05) is 62.2 Å². The van der Waals surface area contributed by atoms with Gasteiger partial charge in [0.1, 0.15) is 17.6 Å². The van der Waals surface area contributed by atoms with Crippen LogP contribution in [0.3, 0.4) is 0 Å². The Balaban J connectivity index is 1.19. The van der Waals surface area contributed by atoms with Crippen LogP contribution in [0.5, 0.6) is 0 Å². The first-order valence-electron chi connectivity index (χ1n) is 13.0. The van der Waals surface area contributed by atoms with Crippen LogP contribution in [-0.4, -0.2) is 77.6 Å². The van der Waals surface area contributed by atoms with Crippen LogP contribution in [0.1, 0.15) is 32.9 Å². The average molecular weight is 498 g/mol. The number of aryl methyl sites for hydroxylation is 1. The summed E-state index contributed by atoms with van der Waals surface area (Å²) < 4.78 is 2.05. The summed E-state index contributed by atoms with van der Waals surface area (Å²) in [5, 5.41) is 9.44. The fourth-order valence-corrected chi connectivity index (χ4v) is 5.35. The molecule has 4 heterocycles. The van der Waals surface area contributed by atoms with E-state index in [9.17, 15) is 10.1 Å². The molecule has 5 rings (SSSR count). The molecule has 37 heavy (non-hydrogen) atoms. The maximum atomic E-state index is 13.5. The van der Waals surface area contributed by atoms with Crippen molar-refractivity contribution in [3.05, 3.63) is 76.7 Å². The van der Waals surface area contributed by atoms with Gasteiger partial charge in [-0.05, 0) is 55.3 Å². The van der Waals surface area contributed by atoms with Crippen molar-refractivity contribution < 1.29 is 4.79 Å². The molecular weight excluding hydrogens is 462 g/mol. The van der Waals surface area contributed by atoms with Crippen molar-refractivity contribution in [1.82, 2.24) is 19.4 Å². The van der Waals surface area contributed by atoms with E-state index in [-0.39, 0.29) is 5.91 Å². The quantitative estimate of drug-likeness (QED) is 0.539. The first-order chi connectivity index (χ1) is 17.9. The highest BCUT2D eigenvalue weighted by Crippen LogP contribution is 2.24. The molecule has 2 aliphatic rings. The second kappa shape index (κ2) is 10.7. The molecule has 0 atom stereocenters. The summed E-state index contributed by atoms with van der Waals surface area (Å²) in [5.41, 5.74) is 6.06. The molecule has 8 heteroatoms. The summed E-state index contributed by atoms with van der Waals surface area (Å²) >= 11 is 0. The van der Waals surface area contributed by atoms with Gasteiger partial charge < -0.3 is 19.3 Å². The molecule has 0 unspecified atom stereocenters. The van der Waals surface area contributed by atoms with E-state index in [4.69, 9.17) is 0 Å². The number of nitriles is 1. The lowest BCUT2D eigenvalue weighted by Gasteiger charge is -2.36. The predicted octanol–water partition coefficient (Wildman–Crippen LogP) is 3.19. The number of carbonyl (C=O) groups is 1. The van der Waals surface area contributed by atoms with E-state index in [0.29, 0.717) is 13.1 Å². The van der Waals surface area contributed by atoms with E-state index in [2.05, 4.69) is 51.7 Å². The molecule has 2 fully saturated rings. The number of piperazine rings is 2. The zero-order chi connectivity index (χ0) is 25.9. The number of hydrogen-bond acceptors (Lipinski definition) is 6. The van der Waals surface area contributed by atoms with Crippen LogP contribution in [-0.2, 0) is 13.6 Å². The maximum Gasteiger partial charge on any atom is 0.270 e. The highest BCUT2D eigenvalue weighted by Gasteiger charge is 2.27. The molecule has 192 valence electrons. The van der Waals surface area contributed by atoms with Crippen molar-refractivity contribution in [3.63, 3.8) is 0 Å². The van der Waals surface area contributed by atoms with Gasteiger partial charge in [0.15, 0.2) is 0 Å². The van der Waals surface area contributed by atoms with Gasteiger partial charge in [0.2, 0.25) is 0 Å². The lowest BCUT2D eigenvalue weighted by molar-refractivity contribution is 0.0736. The molecule has 2 aromatic heterocycles. The minimum atomic E-state index is 0.103. The van der Waals surface area contributed by atoms with Gasteiger partial charge in [0.05, 0.1) is 11.3 Å². The van der Waals surface area contributed by atoms with E-state index >= 15 is 0 Å². The van der Waals surface area contributed by atoms with E-state index in [0.717, 1.165) is 74.3 Å². The summed E-state index contributed by atoms with van der Waals surface area (Å²) in [7, 11) is 2.00. The Morgan fingerprint density at radius 1 is 0.946 bits per heavy atom. The monoisotopic (exact) mass is 497 g/mol. The molecule has 1 aromatic carbocycles. The van der Waals surface area contributed by atoms with Crippen molar-refractivity contribution in [3.8, 4) is 6.07 Å². The summed E-state index contributed by atoms with van der Waals surface area (Å²) in [6.07, 6.45) is 1.85. The third-order valence-corrected chi connectivity index (χ3v) is 7.78. The summed E-state index contributed by atoms with van der Waals surface area (Å²) in [6, 6.07) is 16.3. The Kier molecular flexibility index (Phi) is 7.15. The third kappa shape index (κ3) is 5.18. The molecule has 0 bridgehead atoms. The average Bonchev–Trinajstić information content (AvgIpc) is 3.21. The molecule has 0 aliphatic carbocycles. The number of carbonyl (C=O) groups excluding carboxylic acids is 1. The van der Waals surface area contributed by atoms with Crippen LogP contribution in [0.2, 0.25) is 0 Å². The molecule has 0 N–H and O–H groups in total. The zero-order valence-electron chi connectivity index (χ0n) is 22.0. The van der Waals surface area contributed by atoms with E-state index in [1.807, 2.05) is 53.0 Å². The van der Waals surface area contributed by atoms with Crippen LogP contribution in [0.15, 0.2) is 48.7 Å². The van der Waals surface area contributed by atoms with Crippen molar-refractivity contribution in [1.29, 1.82) is 5.26 Å². The first-order valence-corrected chi connectivity index (χ1v) is 13.0. The van der Waals surface area contributed by atoms with Gasteiger partial charge in [-0.25, -0.2) is 4.98 Å². The molecule has 1 amide bonds. The van der Waals surface area contributed by atoms with Crippen LogP contribution in [0.4, 0.5) is 11.5 Å². The summed E-state index contributed by atoms with van der Waals surface area (Å²) in [4.78, 5) is 26.9. The second-order valence-corrected chi connectivity index (χ2v) is 10.1. The topological polar surface area (TPSA) is 71.6 Å². The van der Waals surface area contributed by atoms with Crippen LogP contribution in [0.25, 0.3) is 0 Å². The van der Waals surface area contributed by atoms with Crippen molar-refractivity contribution in [2.24, 2.45) is 7.05 Å². The second-order valence-electron chi connectivity index (χ2n) is 10.1. The van der Waals surface area contributed by atoms with Crippen LogP contribution >= 0.6 is 0 Å². The number of rotatable bonds is 5. The Hall–Kier alpha value is -3.83. The fraction of sp³-hybridized carbons (Fsp3) is 0.414. The number of para-hydroxylation sites is 1. The molecule has 0 radical (unpaired) electrons. The first kappa shape index (κ1) is 24.8. The minimum Gasteiger partial charge on any atom is -0.368 e. The van der Waals surface area contributed by atoms with Gasteiger partial charge in [0.25, 0.3) is 5.91 Å². The van der Waals surface area contributed by atoms with E-state index in [1.54, 1.807) is 0 Å². The zero-order valence-corrected chi connectivity index (χ0v) is 22.0. The number of hydrogen-bond donors (Lipinski definition) is 0. The molecule has 0 spiro atoms. The Labute approximate surface area is 219 Å².